The van der Waals surface area contributed by atoms with E-state index in [0.717, 1.165) is 16.3 Å². The molecule has 3 aromatic rings. The number of carboxylic acids is 1. The predicted molar refractivity (Wildman–Crippen MR) is 111 cm³/mol. The lowest BCUT2D eigenvalue weighted by atomic mass is 9.98. The number of ether oxygens (including phenoxy) is 1. The molecule has 6 nitrogen and oxygen atoms in total. The van der Waals surface area contributed by atoms with Gasteiger partial charge in [-0.3, -0.25) is 4.31 Å². The molecule has 1 N–H and O–H groups in total. The minimum atomic E-state index is -3.86. The van der Waals surface area contributed by atoms with E-state index in [1.165, 1.54) is 4.31 Å². The molecular formula is C22H21NO5S. The normalized spacial score (nSPS) is 16.6. The molecule has 0 saturated heterocycles. The molecule has 1 unspecified atom stereocenters. The Morgan fingerprint density at radius 3 is 2.55 bits per heavy atom. The van der Waals surface area contributed by atoms with Gasteiger partial charge in [-0.2, -0.15) is 0 Å². The molecule has 0 amide bonds. The van der Waals surface area contributed by atoms with Crippen LogP contribution < -0.4 is 4.31 Å². The maximum absolute atomic E-state index is 13.7. The first-order chi connectivity index (χ1) is 14.0. The summed E-state index contributed by atoms with van der Waals surface area (Å²) in [6.07, 6.45) is 1.27. The van der Waals surface area contributed by atoms with Crippen molar-refractivity contribution >= 4 is 32.5 Å². The molecule has 3 aromatic carbocycles. The Labute approximate surface area is 169 Å². The molecule has 0 aliphatic carbocycles. The highest BCUT2D eigenvalue weighted by Crippen LogP contribution is 2.36. The molecule has 1 heterocycles. The molecule has 0 fully saturated rings. The lowest BCUT2D eigenvalue weighted by molar-refractivity contribution is -0.142. The SMILES string of the molecule is O=C(O)COCC1CCc2ccccc2N1S(=O)(=O)c1ccc2ccccc2c1. The van der Waals surface area contributed by atoms with Gasteiger partial charge in [0.15, 0.2) is 0 Å². The molecule has 0 aromatic heterocycles. The minimum absolute atomic E-state index is 0.0213. The molecule has 1 aliphatic heterocycles. The summed E-state index contributed by atoms with van der Waals surface area (Å²) in [5.74, 6) is -1.08. The van der Waals surface area contributed by atoms with Crippen LogP contribution in [0.4, 0.5) is 5.69 Å². The van der Waals surface area contributed by atoms with Gasteiger partial charge in [-0.25, -0.2) is 13.2 Å². The molecule has 0 spiro atoms. The van der Waals surface area contributed by atoms with Gasteiger partial charge in [0, 0.05) is 0 Å². The molecule has 1 aliphatic rings. The van der Waals surface area contributed by atoms with Crippen molar-refractivity contribution in [3.63, 3.8) is 0 Å². The zero-order valence-corrected chi connectivity index (χ0v) is 16.5. The summed E-state index contributed by atoms with van der Waals surface area (Å²) in [5.41, 5.74) is 1.57. The van der Waals surface area contributed by atoms with Crippen molar-refractivity contribution in [3.8, 4) is 0 Å². The van der Waals surface area contributed by atoms with Gasteiger partial charge in [0.05, 0.1) is 23.2 Å². The van der Waals surface area contributed by atoms with Gasteiger partial charge in [0.25, 0.3) is 10.0 Å². The quantitative estimate of drug-likeness (QED) is 0.672. The van der Waals surface area contributed by atoms with Crippen LogP contribution >= 0.6 is 0 Å². The standard InChI is InChI=1S/C22H21NO5S/c24-22(25)15-28-14-19-11-9-17-6-3-4-8-21(17)23(19)29(26,27)20-12-10-16-5-1-2-7-18(16)13-20/h1-8,10,12-13,19H,9,11,14-15H2,(H,24,25). The lowest BCUT2D eigenvalue weighted by Gasteiger charge is -2.37. The molecule has 7 heteroatoms. The van der Waals surface area contributed by atoms with Crippen LogP contribution in [0.3, 0.4) is 0 Å². The summed E-state index contributed by atoms with van der Waals surface area (Å²) in [6.45, 7) is -0.435. The Balaban J connectivity index is 1.76. The van der Waals surface area contributed by atoms with Crippen molar-refractivity contribution in [2.45, 2.75) is 23.8 Å². The average Bonchev–Trinajstić information content (AvgIpc) is 2.72. The molecule has 1 atom stereocenters. The summed E-state index contributed by atoms with van der Waals surface area (Å²) in [5, 5.41) is 10.7. The van der Waals surface area contributed by atoms with E-state index in [0.29, 0.717) is 18.5 Å². The van der Waals surface area contributed by atoms with Gasteiger partial charge in [0.2, 0.25) is 0 Å². The van der Waals surface area contributed by atoms with E-state index >= 15 is 0 Å². The van der Waals surface area contributed by atoms with Crippen LogP contribution in [0.1, 0.15) is 12.0 Å². The van der Waals surface area contributed by atoms with Gasteiger partial charge < -0.3 is 9.84 Å². The highest BCUT2D eigenvalue weighted by molar-refractivity contribution is 7.92. The van der Waals surface area contributed by atoms with Crippen molar-refractivity contribution in [2.75, 3.05) is 17.5 Å². The number of carbonyl (C=O) groups is 1. The summed E-state index contributed by atoms with van der Waals surface area (Å²) >= 11 is 0. The third kappa shape index (κ3) is 3.83. The summed E-state index contributed by atoms with van der Waals surface area (Å²) in [6, 6.07) is 19.6. The van der Waals surface area contributed by atoms with Crippen LogP contribution in [-0.4, -0.2) is 38.7 Å². The van der Waals surface area contributed by atoms with E-state index in [-0.39, 0.29) is 11.5 Å². The number of benzene rings is 3. The first-order valence-corrected chi connectivity index (χ1v) is 10.8. The van der Waals surface area contributed by atoms with Crippen molar-refractivity contribution in [1.82, 2.24) is 0 Å². The van der Waals surface area contributed by atoms with Crippen LogP contribution in [0.25, 0.3) is 10.8 Å². The zero-order chi connectivity index (χ0) is 20.4. The fourth-order valence-corrected chi connectivity index (χ4v) is 5.51. The number of fused-ring (bicyclic) bond motifs is 2. The van der Waals surface area contributed by atoms with E-state index in [1.807, 2.05) is 42.5 Å². The predicted octanol–water partition coefficient (Wildman–Crippen LogP) is 3.45. The lowest BCUT2D eigenvalue weighted by Crippen LogP contribution is -2.46. The van der Waals surface area contributed by atoms with Gasteiger partial charge in [0.1, 0.15) is 6.61 Å². The number of para-hydroxylation sites is 1. The number of carboxylic acid groups (broad SMARTS) is 1. The monoisotopic (exact) mass is 411 g/mol. The van der Waals surface area contributed by atoms with Crippen molar-refractivity contribution in [2.24, 2.45) is 0 Å². The van der Waals surface area contributed by atoms with Crippen LogP contribution in [0.15, 0.2) is 71.6 Å². The number of anilines is 1. The molecule has 29 heavy (non-hydrogen) atoms. The summed E-state index contributed by atoms with van der Waals surface area (Å²) < 4.78 is 34.0. The zero-order valence-electron chi connectivity index (χ0n) is 15.7. The summed E-state index contributed by atoms with van der Waals surface area (Å²) in [7, 11) is -3.86. The second-order valence-corrected chi connectivity index (χ2v) is 8.85. The van der Waals surface area contributed by atoms with E-state index in [4.69, 9.17) is 9.84 Å². The maximum atomic E-state index is 13.7. The third-order valence-electron chi connectivity index (χ3n) is 5.12. The Morgan fingerprint density at radius 1 is 1.03 bits per heavy atom. The Kier molecular flexibility index (Phi) is 5.25. The fourth-order valence-electron chi connectivity index (χ4n) is 3.77. The Hall–Kier alpha value is -2.90. The smallest absolute Gasteiger partial charge is 0.329 e. The van der Waals surface area contributed by atoms with Crippen LogP contribution in [0.2, 0.25) is 0 Å². The molecule has 150 valence electrons. The van der Waals surface area contributed by atoms with Crippen LogP contribution in [-0.2, 0) is 26.0 Å². The second-order valence-electron chi connectivity index (χ2n) is 7.04. The fraction of sp³-hybridized carbons (Fsp3) is 0.227. The minimum Gasteiger partial charge on any atom is -0.480 e. The van der Waals surface area contributed by atoms with E-state index in [9.17, 15) is 13.2 Å². The van der Waals surface area contributed by atoms with Crippen molar-refractivity contribution in [3.05, 3.63) is 72.3 Å². The molecule has 4 rings (SSSR count). The third-order valence-corrected chi connectivity index (χ3v) is 6.98. The second kappa shape index (κ2) is 7.85. The molecule has 0 saturated carbocycles. The number of aliphatic carboxylic acids is 1. The number of hydrogen-bond donors (Lipinski definition) is 1. The first kappa shape index (κ1) is 19.4. The Morgan fingerprint density at radius 2 is 1.76 bits per heavy atom. The number of nitrogens with zero attached hydrogens (tertiary/aromatic N) is 1. The van der Waals surface area contributed by atoms with Crippen LogP contribution in [0, 0.1) is 0 Å². The van der Waals surface area contributed by atoms with Crippen LogP contribution in [0.5, 0.6) is 0 Å². The average molecular weight is 411 g/mol. The van der Waals surface area contributed by atoms with E-state index in [2.05, 4.69) is 0 Å². The summed E-state index contributed by atoms with van der Waals surface area (Å²) in [4.78, 5) is 11.0. The molecule has 0 bridgehead atoms. The number of aryl methyl sites for hydroxylation is 1. The van der Waals surface area contributed by atoms with E-state index in [1.54, 1.807) is 24.3 Å². The molecular weight excluding hydrogens is 390 g/mol. The van der Waals surface area contributed by atoms with Gasteiger partial charge in [-0.05, 0) is 47.4 Å². The number of sulfonamides is 1. The van der Waals surface area contributed by atoms with Crippen molar-refractivity contribution < 1.29 is 23.1 Å². The Bertz CT molecular complexity index is 1160. The van der Waals surface area contributed by atoms with Crippen molar-refractivity contribution in [1.29, 1.82) is 0 Å². The van der Waals surface area contributed by atoms with Gasteiger partial charge >= 0.3 is 5.97 Å². The maximum Gasteiger partial charge on any atom is 0.329 e. The first-order valence-electron chi connectivity index (χ1n) is 9.37. The van der Waals surface area contributed by atoms with Gasteiger partial charge in [-0.1, -0.05) is 48.5 Å². The van der Waals surface area contributed by atoms with Gasteiger partial charge in [-0.15, -0.1) is 0 Å². The topological polar surface area (TPSA) is 83.9 Å². The largest absolute Gasteiger partial charge is 0.480 e. The highest BCUT2D eigenvalue weighted by Gasteiger charge is 2.36. The molecule has 0 radical (unpaired) electrons. The highest BCUT2D eigenvalue weighted by atomic mass is 32.2. The van der Waals surface area contributed by atoms with E-state index < -0.39 is 28.6 Å². The number of rotatable bonds is 6. The number of hydrogen-bond acceptors (Lipinski definition) is 4.